The molecule has 4 rings (SSSR count). The summed E-state index contributed by atoms with van der Waals surface area (Å²) >= 11 is 0. The molecule has 0 atom stereocenters. The van der Waals surface area contributed by atoms with E-state index in [2.05, 4.69) is 4.98 Å². The van der Waals surface area contributed by atoms with Gasteiger partial charge in [0.15, 0.2) is 17.2 Å². The zero-order valence-electron chi connectivity index (χ0n) is 13.4. The first-order chi connectivity index (χ1) is 12.0. The molecule has 0 fully saturated rings. The average molecular weight is 357 g/mol. The third kappa shape index (κ3) is 2.98. The molecule has 6 nitrogen and oxygen atoms in total. The molecule has 0 unspecified atom stereocenters. The minimum atomic E-state index is -4.03. The number of aromatic nitrogens is 1. The summed E-state index contributed by atoms with van der Waals surface area (Å²) in [6, 6.07) is 13.3. The van der Waals surface area contributed by atoms with Crippen LogP contribution in [0.2, 0.25) is 0 Å². The van der Waals surface area contributed by atoms with Gasteiger partial charge >= 0.3 is 10.1 Å². The number of hydrogen-bond donors (Lipinski definition) is 0. The summed E-state index contributed by atoms with van der Waals surface area (Å²) in [5.74, 6) is 1.10. The van der Waals surface area contributed by atoms with Crippen LogP contribution < -0.4 is 13.7 Å². The summed E-state index contributed by atoms with van der Waals surface area (Å²) in [5.41, 5.74) is 1.28. The van der Waals surface area contributed by atoms with Crippen LogP contribution in [0.15, 0.2) is 53.4 Å². The van der Waals surface area contributed by atoms with Gasteiger partial charge in [-0.2, -0.15) is 8.42 Å². The van der Waals surface area contributed by atoms with E-state index in [9.17, 15) is 8.42 Å². The standard InChI is InChI=1S/C18H15NO5S/c1-12-5-6-13-3-2-4-16(18(13)19-12)24-25(20,21)14-7-8-15-17(11-14)23-10-9-22-15/h2-8,11H,9-10H2,1H3. The number of aryl methyl sites for hydroxylation is 1. The molecule has 0 spiro atoms. The van der Waals surface area contributed by atoms with Gasteiger partial charge in [-0.1, -0.05) is 18.2 Å². The molecule has 0 saturated heterocycles. The van der Waals surface area contributed by atoms with Gasteiger partial charge in [0.05, 0.1) is 0 Å². The lowest BCUT2D eigenvalue weighted by molar-refractivity contribution is 0.171. The van der Waals surface area contributed by atoms with Crippen LogP contribution in [0.25, 0.3) is 10.9 Å². The predicted octanol–water partition coefficient (Wildman–Crippen LogP) is 3.08. The Hall–Kier alpha value is -2.80. The fraction of sp³-hybridized carbons (Fsp3) is 0.167. The molecule has 2 heterocycles. The van der Waals surface area contributed by atoms with Crippen LogP contribution in [0.1, 0.15) is 5.69 Å². The Labute approximate surface area is 145 Å². The van der Waals surface area contributed by atoms with Crippen LogP contribution in [-0.4, -0.2) is 26.6 Å². The van der Waals surface area contributed by atoms with Gasteiger partial charge < -0.3 is 13.7 Å². The topological polar surface area (TPSA) is 74.7 Å². The zero-order valence-corrected chi connectivity index (χ0v) is 14.2. The highest BCUT2D eigenvalue weighted by Gasteiger charge is 2.22. The van der Waals surface area contributed by atoms with Crippen LogP contribution in [-0.2, 0) is 10.1 Å². The summed E-state index contributed by atoms with van der Waals surface area (Å²) in [6.07, 6.45) is 0. The molecular weight excluding hydrogens is 342 g/mol. The van der Waals surface area contributed by atoms with Crippen LogP contribution in [0.4, 0.5) is 0 Å². The average Bonchev–Trinajstić information content (AvgIpc) is 2.61. The maximum absolute atomic E-state index is 12.7. The summed E-state index contributed by atoms with van der Waals surface area (Å²) in [5, 5.41) is 0.806. The van der Waals surface area contributed by atoms with Gasteiger partial charge in [-0.25, -0.2) is 4.98 Å². The molecule has 0 amide bonds. The summed E-state index contributed by atoms with van der Waals surface area (Å²) < 4.78 is 41.5. The molecule has 0 saturated carbocycles. The number of pyridine rings is 1. The maximum atomic E-state index is 12.7. The van der Waals surface area contributed by atoms with Gasteiger partial charge in [0.2, 0.25) is 0 Å². The molecular formula is C18H15NO5S. The van der Waals surface area contributed by atoms with Crippen molar-refractivity contribution in [3.05, 3.63) is 54.2 Å². The molecule has 1 aliphatic rings. The van der Waals surface area contributed by atoms with Crippen LogP contribution in [0, 0.1) is 6.92 Å². The van der Waals surface area contributed by atoms with Crippen molar-refractivity contribution in [1.29, 1.82) is 0 Å². The Morgan fingerprint density at radius 1 is 1.00 bits per heavy atom. The highest BCUT2D eigenvalue weighted by molar-refractivity contribution is 7.87. The molecule has 3 aromatic rings. The summed E-state index contributed by atoms with van der Waals surface area (Å²) in [4.78, 5) is 4.39. The Balaban J connectivity index is 1.74. The zero-order chi connectivity index (χ0) is 17.4. The number of para-hydroxylation sites is 1. The lowest BCUT2D eigenvalue weighted by Gasteiger charge is -2.18. The Kier molecular flexibility index (Phi) is 3.73. The predicted molar refractivity (Wildman–Crippen MR) is 91.7 cm³/mol. The minimum absolute atomic E-state index is 0.00130. The van der Waals surface area contributed by atoms with Crippen molar-refractivity contribution in [2.75, 3.05) is 13.2 Å². The maximum Gasteiger partial charge on any atom is 0.339 e. The molecule has 2 aromatic carbocycles. The molecule has 0 bridgehead atoms. The van der Waals surface area contributed by atoms with Crippen molar-refractivity contribution in [2.24, 2.45) is 0 Å². The van der Waals surface area contributed by atoms with E-state index in [4.69, 9.17) is 13.7 Å². The van der Waals surface area contributed by atoms with E-state index in [1.54, 1.807) is 18.2 Å². The molecule has 0 N–H and O–H groups in total. The lowest BCUT2D eigenvalue weighted by atomic mass is 10.2. The number of fused-ring (bicyclic) bond motifs is 2. The van der Waals surface area contributed by atoms with Crippen molar-refractivity contribution in [3.8, 4) is 17.2 Å². The van der Waals surface area contributed by atoms with Crippen molar-refractivity contribution in [3.63, 3.8) is 0 Å². The highest BCUT2D eigenvalue weighted by Crippen LogP contribution is 2.34. The molecule has 7 heteroatoms. The molecule has 25 heavy (non-hydrogen) atoms. The van der Waals surface area contributed by atoms with Crippen molar-refractivity contribution in [1.82, 2.24) is 4.98 Å². The smallest absolute Gasteiger partial charge is 0.339 e. The number of rotatable bonds is 3. The van der Waals surface area contributed by atoms with Crippen LogP contribution >= 0.6 is 0 Å². The number of benzene rings is 2. The molecule has 128 valence electrons. The number of hydrogen-bond acceptors (Lipinski definition) is 6. The van der Waals surface area contributed by atoms with E-state index >= 15 is 0 Å². The largest absolute Gasteiger partial charge is 0.486 e. The lowest BCUT2D eigenvalue weighted by Crippen LogP contribution is -2.16. The molecule has 0 aliphatic carbocycles. The monoisotopic (exact) mass is 357 g/mol. The van der Waals surface area contributed by atoms with E-state index in [-0.39, 0.29) is 10.6 Å². The fourth-order valence-corrected chi connectivity index (χ4v) is 3.58. The second-order valence-corrected chi connectivity index (χ2v) is 7.17. The van der Waals surface area contributed by atoms with Crippen molar-refractivity contribution < 1.29 is 22.1 Å². The third-order valence-corrected chi connectivity index (χ3v) is 5.05. The number of nitrogens with zero attached hydrogens (tertiary/aromatic N) is 1. The van der Waals surface area contributed by atoms with Crippen LogP contribution in [0.5, 0.6) is 17.2 Å². The first kappa shape index (κ1) is 15.7. The summed E-state index contributed by atoms with van der Waals surface area (Å²) in [7, 11) is -4.03. The van der Waals surface area contributed by atoms with E-state index < -0.39 is 10.1 Å². The van der Waals surface area contributed by atoms with Gasteiger partial charge in [0.1, 0.15) is 23.6 Å². The van der Waals surface area contributed by atoms with E-state index in [1.807, 2.05) is 25.1 Å². The Bertz CT molecular complexity index is 1060. The molecule has 1 aliphatic heterocycles. The van der Waals surface area contributed by atoms with Gasteiger partial charge in [-0.3, -0.25) is 0 Å². The number of ether oxygens (including phenoxy) is 2. The SMILES string of the molecule is Cc1ccc2cccc(OS(=O)(=O)c3ccc4c(c3)OCCO4)c2n1. The molecule has 0 radical (unpaired) electrons. The third-order valence-electron chi connectivity index (χ3n) is 3.82. The summed E-state index contributed by atoms with van der Waals surface area (Å²) in [6.45, 7) is 2.66. The second kappa shape index (κ2) is 5.93. The van der Waals surface area contributed by atoms with Gasteiger partial charge in [0, 0.05) is 17.1 Å². The van der Waals surface area contributed by atoms with E-state index in [0.29, 0.717) is 30.2 Å². The first-order valence-corrected chi connectivity index (χ1v) is 9.14. The highest BCUT2D eigenvalue weighted by atomic mass is 32.2. The van der Waals surface area contributed by atoms with Crippen LogP contribution in [0.3, 0.4) is 0 Å². The Morgan fingerprint density at radius 3 is 2.64 bits per heavy atom. The second-order valence-electron chi connectivity index (χ2n) is 5.62. The quantitative estimate of drug-likeness (QED) is 0.671. The van der Waals surface area contributed by atoms with E-state index in [0.717, 1.165) is 11.1 Å². The molecule has 1 aromatic heterocycles. The van der Waals surface area contributed by atoms with Gasteiger partial charge in [0.25, 0.3) is 0 Å². The van der Waals surface area contributed by atoms with Gasteiger partial charge in [-0.05, 0) is 31.2 Å². The normalized spacial score (nSPS) is 13.6. The fourth-order valence-electron chi connectivity index (χ4n) is 2.63. The van der Waals surface area contributed by atoms with E-state index in [1.165, 1.54) is 12.1 Å². The Morgan fingerprint density at radius 2 is 1.80 bits per heavy atom. The van der Waals surface area contributed by atoms with Crippen molar-refractivity contribution >= 4 is 21.0 Å². The first-order valence-electron chi connectivity index (χ1n) is 7.73. The van der Waals surface area contributed by atoms with Crippen molar-refractivity contribution in [2.45, 2.75) is 11.8 Å². The van der Waals surface area contributed by atoms with Gasteiger partial charge in [-0.15, -0.1) is 0 Å². The minimum Gasteiger partial charge on any atom is -0.486 e.